The third-order valence-corrected chi connectivity index (χ3v) is 6.94. The number of alkyl halides is 3. The average Bonchev–Trinajstić information content (AvgIpc) is 2.78. The Morgan fingerprint density at radius 3 is 2.51 bits per heavy atom. The van der Waals surface area contributed by atoms with Gasteiger partial charge in [0, 0.05) is 37.8 Å². The number of halogens is 5. The van der Waals surface area contributed by atoms with Crippen molar-refractivity contribution in [1.82, 2.24) is 10.2 Å². The van der Waals surface area contributed by atoms with Gasteiger partial charge in [-0.2, -0.15) is 0 Å². The second-order valence-electron chi connectivity index (χ2n) is 8.17. The minimum atomic E-state index is -4.82. The predicted octanol–water partition coefficient (Wildman–Crippen LogP) is 3.19. The quantitative estimate of drug-likeness (QED) is 0.557. The number of hydrogen-bond acceptors (Lipinski definition) is 7. The maximum atomic E-state index is 15.4. The van der Waals surface area contributed by atoms with E-state index in [1.807, 2.05) is 0 Å². The fraction of sp³-hybridized carbons (Fsp3) is 0.455. The maximum absolute atomic E-state index is 15.4. The van der Waals surface area contributed by atoms with Crippen molar-refractivity contribution < 1.29 is 36.6 Å². The smallest absolute Gasteiger partial charge is 0.406 e. The Morgan fingerprint density at radius 1 is 1.23 bits per heavy atom. The number of thioether (sulfide) groups is 1. The molecule has 0 bridgehead atoms. The molecular formula is C22H24ClF4N3O4S. The number of carbonyl (C=O) groups excluding carboxylic acids is 2. The molecule has 192 valence electrons. The minimum Gasteiger partial charge on any atom is -0.406 e. The molecule has 0 aliphatic carbocycles. The van der Waals surface area contributed by atoms with Crippen LogP contribution in [0.2, 0.25) is 0 Å². The number of hydrogen-bond donors (Lipinski definition) is 2. The van der Waals surface area contributed by atoms with Gasteiger partial charge >= 0.3 is 6.36 Å². The molecule has 1 aromatic rings. The normalized spacial score (nSPS) is 23.3. The van der Waals surface area contributed by atoms with E-state index in [-0.39, 0.29) is 52.8 Å². The number of nitrogens with one attached hydrogen (secondary N) is 1. The summed E-state index contributed by atoms with van der Waals surface area (Å²) in [4.78, 5) is 27.4. The summed E-state index contributed by atoms with van der Waals surface area (Å²) in [6, 6.07) is 3.14. The fourth-order valence-electron chi connectivity index (χ4n) is 4.01. The molecule has 3 N–H and O–H groups in total. The third kappa shape index (κ3) is 6.49. The van der Waals surface area contributed by atoms with Crippen LogP contribution in [-0.4, -0.2) is 60.0 Å². The van der Waals surface area contributed by atoms with Crippen LogP contribution in [0.4, 0.5) is 17.6 Å². The lowest BCUT2D eigenvalue weighted by molar-refractivity contribution is -0.274. The largest absolute Gasteiger partial charge is 0.573 e. The standard InChI is InChI=1S/C22H23F4N3O4S.ClH/c23-17-15(21(31)28-13-5-7-32-8-6-13)10-29(18-19(30)16(27)11-34-20(17)18)9-12-1-3-14(4-2-12)33-22(24,25)26;/h1-4,10,13,16,18H,5-9,11,27H2,(H,28,31);1H/t16-,18?;/m0./s1. The van der Waals surface area contributed by atoms with E-state index in [0.29, 0.717) is 31.6 Å². The SMILES string of the molecule is Cl.N[C@H]1CSC2=C(F)C(C(=O)NC3CCOCC3)=CN(Cc3ccc(OC(F)(F)F)cc3)C2C1=O. The number of nitrogens with two attached hydrogens (primary N) is 1. The Kier molecular flexibility index (Phi) is 8.73. The Hall–Kier alpha value is -2.28. The molecule has 2 saturated heterocycles. The predicted molar refractivity (Wildman–Crippen MR) is 123 cm³/mol. The molecule has 3 aliphatic heterocycles. The van der Waals surface area contributed by atoms with Gasteiger partial charge in [0.15, 0.2) is 5.78 Å². The molecule has 35 heavy (non-hydrogen) atoms. The highest BCUT2D eigenvalue weighted by atomic mass is 35.5. The summed E-state index contributed by atoms with van der Waals surface area (Å²) in [5, 5.41) is 2.82. The molecule has 3 heterocycles. The van der Waals surface area contributed by atoms with Gasteiger partial charge < -0.3 is 25.4 Å². The number of fused-ring (bicyclic) bond motifs is 1. The van der Waals surface area contributed by atoms with Crippen molar-refractivity contribution in [1.29, 1.82) is 0 Å². The molecule has 7 nitrogen and oxygen atoms in total. The maximum Gasteiger partial charge on any atom is 0.573 e. The van der Waals surface area contributed by atoms with E-state index >= 15 is 4.39 Å². The fourth-order valence-corrected chi connectivity index (χ4v) is 5.18. The zero-order chi connectivity index (χ0) is 24.5. The van der Waals surface area contributed by atoms with Crippen LogP contribution in [0, 0.1) is 0 Å². The first-order valence-corrected chi connectivity index (χ1v) is 11.6. The van der Waals surface area contributed by atoms with Gasteiger partial charge in [0.05, 0.1) is 16.5 Å². The zero-order valence-corrected chi connectivity index (χ0v) is 20.0. The molecule has 2 atom stereocenters. The average molecular weight is 538 g/mol. The van der Waals surface area contributed by atoms with Gasteiger partial charge in [0.25, 0.3) is 5.91 Å². The van der Waals surface area contributed by atoms with Crippen LogP contribution in [0.25, 0.3) is 0 Å². The van der Waals surface area contributed by atoms with Crippen molar-refractivity contribution in [3.05, 3.63) is 52.3 Å². The number of Topliss-reactive ketones (excluding diaryl/α,β-unsaturated/α-hetero) is 1. The number of ketones is 1. The summed E-state index contributed by atoms with van der Waals surface area (Å²) in [6.45, 7) is 1.04. The molecule has 4 rings (SSSR count). The van der Waals surface area contributed by atoms with Crippen molar-refractivity contribution >= 4 is 35.9 Å². The molecule has 1 aromatic carbocycles. The van der Waals surface area contributed by atoms with Crippen LogP contribution >= 0.6 is 24.2 Å². The number of nitrogens with zero attached hydrogens (tertiary/aromatic N) is 1. The van der Waals surface area contributed by atoms with E-state index in [2.05, 4.69) is 10.1 Å². The van der Waals surface area contributed by atoms with Crippen LogP contribution in [0.15, 0.2) is 46.8 Å². The summed E-state index contributed by atoms with van der Waals surface area (Å²) in [7, 11) is 0. The number of benzene rings is 1. The Morgan fingerprint density at radius 2 is 1.89 bits per heavy atom. The second kappa shape index (κ2) is 11.2. The summed E-state index contributed by atoms with van der Waals surface area (Å²) >= 11 is 1.09. The topological polar surface area (TPSA) is 93.9 Å². The van der Waals surface area contributed by atoms with Crippen LogP contribution in [-0.2, 0) is 20.9 Å². The van der Waals surface area contributed by atoms with E-state index in [0.717, 1.165) is 23.9 Å². The van der Waals surface area contributed by atoms with E-state index in [1.165, 1.54) is 23.2 Å². The first kappa shape index (κ1) is 27.3. The first-order valence-electron chi connectivity index (χ1n) is 10.7. The minimum absolute atomic E-state index is 0. The summed E-state index contributed by atoms with van der Waals surface area (Å²) in [6.07, 6.45) is -2.31. The molecule has 2 fully saturated rings. The second-order valence-corrected chi connectivity index (χ2v) is 9.23. The molecule has 0 aromatic heterocycles. The molecule has 0 radical (unpaired) electrons. The zero-order valence-electron chi connectivity index (χ0n) is 18.3. The Bertz CT molecular complexity index is 1010. The number of rotatable bonds is 5. The van der Waals surface area contributed by atoms with Crippen molar-refractivity contribution in [2.75, 3.05) is 19.0 Å². The lowest BCUT2D eigenvalue weighted by Crippen LogP contribution is -2.53. The molecular weight excluding hydrogens is 514 g/mol. The summed E-state index contributed by atoms with van der Waals surface area (Å²) in [5.74, 6) is -1.95. The highest BCUT2D eigenvalue weighted by molar-refractivity contribution is 8.03. The lowest BCUT2D eigenvalue weighted by atomic mass is 9.97. The van der Waals surface area contributed by atoms with Gasteiger partial charge in [-0.3, -0.25) is 9.59 Å². The number of carbonyl (C=O) groups is 2. The van der Waals surface area contributed by atoms with Crippen molar-refractivity contribution in [2.24, 2.45) is 5.73 Å². The van der Waals surface area contributed by atoms with Crippen LogP contribution in [0.5, 0.6) is 5.75 Å². The number of amides is 1. The highest BCUT2D eigenvalue weighted by Gasteiger charge is 2.43. The molecule has 1 amide bonds. The number of ether oxygens (including phenoxy) is 2. The van der Waals surface area contributed by atoms with Crippen molar-refractivity contribution in [2.45, 2.75) is 43.9 Å². The Labute approximate surface area is 209 Å². The molecule has 3 aliphatic rings. The van der Waals surface area contributed by atoms with Gasteiger partial charge in [-0.1, -0.05) is 12.1 Å². The van der Waals surface area contributed by atoms with Crippen LogP contribution in [0.1, 0.15) is 18.4 Å². The van der Waals surface area contributed by atoms with Gasteiger partial charge in [-0.15, -0.1) is 37.3 Å². The van der Waals surface area contributed by atoms with Gasteiger partial charge in [0.2, 0.25) is 0 Å². The van der Waals surface area contributed by atoms with Crippen molar-refractivity contribution in [3.8, 4) is 5.75 Å². The summed E-state index contributed by atoms with van der Waals surface area (Å²) < 4.78 is 61.8. The first-order chi connectivity index (χ1) is 16.1. The highest BCUT2D eigenvalue weighted by Crippen LogP contribution is 2.40. The van der Waals surface area contributed by atoms with Gasteiger partial charge in [0.1, 0.15) is 17.6 Å². The van der Waals surface area contributed by atoms with Crippen molar-refractivity contribution in [3.63, 3.8) is 0 Å². The van der Waals surface area contributed by atoms with Gasteiger partial charge in [-0.05, 0) is 30.5 Å². The Balaban J connectivity index is 0.00000342. The van der Waals surface area contributed by atoms with E-state index in [4.69, 9.17) is 10.5 Å². The van der Waals surface area contributed by atoms with Crippen LogP contribution in [0.3, 0.4) is 0 Å². The summed E-state index contributed by atoms with van der Waals surface area (Å²) in [5.41, 5.74) is 6.24. The third-order valence-electron chi connectivity index (χ3n) is 5.70. The molecule has 13 heteroatoms. The molecule has 0 spiro atoms. The van der Waals surface area contributed by atoms with Crippen LogP contribution < -0.4 is 15.8 Å². The molecule has 1 unspecified atom stereocenters. The lowest BCUT2D eigenvalue weighted by Gasteiger charge is -2.39. The van der Waals surface area contributed by atoms with E-state index in [1.54, 1.807) is 0 Å². The monoisotopic (exact) mass is 537 g/mol. The van der Waals surface area contributed by atoms with E-state index < -0.39 is 30.2 Å². The molecule has 0 saturated carbocycles. The van der Waals surface area contributed by atoms with Gasteiger partial charge in [-0.25, -0.2) is 4.39 Å². The van der Waals surface area contributed by atoms with E-state index in [9.17, 15) is 22.8 Å².